The Labute approximate surface area is 120 Å². The van der Waals surface area contributed by atoms with Crippen LogP contribution in [-0.4, -0.2) is 54.6 Å². The van der Waals surface area contributed by atoms with Gasteiger partial charge in [0.1, 0.15) is 5.78 Å². The van der Waals surface area contributed by atoms with Gasteiger partial charge in [-0.1, -0.05) is 0 Å². The topological polar surface area (TPSA) is 23.6 Å². The van der Waals surface area contributed by atoms with E-state index in [-0.39, 0.29) is 0 Å². The van der Waals surface area contributed by atoms with E-state index in [4.69, 9.17) is 0 Å². The largest absolute Gasteiger partial charge is 0.303 e. The van der Waals surface area contributed by atoms with Crippen molar-refractivity contribution in [3.63, 3.8) is 0 Å². The first-order valence-corrected chi connectivity index (χ1v) is 8.59. The average Bonchev–Trinajstić information content (AvgIpc) is 2.42. The van der Waals surface area contributed by atoms with Crippen molar-refractivity contribution in [1.82, 2.24) is 9.80 Å². The third-order valence-electron chi connectivity index (χ3n) is 5.09. The Balaban J connectivity index is 1.69. The third-order valence-corrected chi connectivity index (χ3v) is 5.61. The van der Waals surface area contributed by atoms with Crippen LogP contribution in [-0.2, 0) is 4.79 Å². The van der Waals surface area contributed by atoms with Crippen molar-refractivity contribution in [1.29, 1.82) is 0 Å². The van der Waals surface area contributed by atoms with Gasteiger partial charge in [-0.05, 0) is 77.2 Å². The fraction of sp³-hybridized carbons (Fsp3) is 0.933. The van der Waals surface area contributed by atoms with Crippen LogP contribution in [0.15, 0.2) is 0 Å². The van der Waals surface area contributed by atoms with Gasteiger partial charge >= 0.3 is 0 Å². The molecule has 1 unspecified atom stereocenters. The maximum absolute atomic E-state index is 11.0. The molecule has 0 aromatic rings. The molecule has 0 aromatic heterocycles. The number of carbonyl (C=O) groups excluding carboxylic acids is 1. The Kier molecular flexibility index (Phi) is 5.80. The summed E-state index contributed by atoms with van der Waals surface area (Å²) in [5, 5.41) is 0. The molecule has 2 heterocycles. The maximum Gasteiger partial charge on any atom is 0.129 e. The standard InChI is InChI=1S/C15H29N2OP/c1-14(18)3-2-8-16-9-4-15(5-10-16)6-11-17(13-19)12-7-15/h2-13,19H2,1H3. The first-order valence-electron chi connectivity index (χ1n) is 7.78. The van der Waals surface area contributed by atoms with Crippen LogP contribution >= 0.6 is 9.24 Å². The number of Topliss-reactive ketones (excluding diaryl/α,β-unsaturated/α-hetero) is 1. The molecule has 2 aliphatic heterocycles. The van der Waals surface area contributed by atoms with Crippen molar-refractivity contribution in [2.75, 3.05) is 39.0 Å². The summed E-state index contributed by atoms with van der Waals surface area (Å²) in [6.45, 7) is 7.89. The second kappa shape index (κ2) is 7.15. The van der Waals surface area contributed by atoms with Crippen LogP contribution in [0.2, 0.25) is 0 Å². The molecule has 19 heavy (non-hydrogen) atoms. The summed E-state index contributed by atoms with van der Waals surface area (Å²) in [5.41, 5.74) is 0.646. The van der Waals surface area contributed by atoms with E-state index in [0.717, 1.165) is 25.7 Å². The monoisotopic (exact) mass is 284 g/mol. The summed E-state index contributed by atoms with van der Waals surface area (Å²) in [4.78, 5) is 16.1. The van der Waals surface area contributed by atoms with Crippen molar-refractivity contribution in [2.24, 2.45) is 5.41 Å². The molecule has 4 heteroatoms. The second-order valence-corrected chi connectivity index (χ2v) is 6.81. The Morgan fingerprint density at radius 1 is 1.05 bits per heavy atom. The summed E-state index contributed by atoms with van der Waals surface area (Å²) >= 11 is 0. The van der Waals surface area contributed by atoms with Crippen molar-refractivity contribution in [3.05, 3.63) is 0 Å². The number of nitrogens with zero attached hydrogens (tertiary/aromatic N) is 2. The highest BCUT2D eigenvalue weighted by Crippen LogP contribution is 2.41. The van der Waals surface area contributed by atoms with Gasteiger partial charge in [-0.25, -0.2) is 0 Å². The summed E-state index contributed by atoms with van der Waals surface area (Å²) in [6, 6.07) is 0. The maximum atomic E-state index is 11.0. The van der Waals surface area contributed by atoms with E-state index in [2.05, 4.69) is 19.0 Å². The summed E-state index contributed by atoms with van der Waals surface area (Å²) < 4.78 is 0. The lowest BCUT2D eigenvalue weighted by Crippen LogP contribution is -2.46. The molecule has 1 atom stereocenters. The number of ketones is 1. The van der Waals surface area contributed by atoms with Crippen molar-refractivity contribution in [2.45, 2.75) is 45.4 Å². The number of rotatable bonds is 5. The quantitative estimate of drug-likeness (QED) is 0.724. The van der Waals surface area contributed by atoms with E-state index < -0.39 is 0 Å². The van der Waals surface area contributed by atoms with Crippen LogP contribution < -0.4 is 0 Å². The van der Waals surface area contributed by atoms with Gasteiger partial charge in [0.15, 0.2) is 0 Å². The predicted molar refractivity (Wildman–Crippen MR) is 83.4 cm³/mol. The van der Waals surface area contributed by atoms with Gasteiger partial charge in [0.25, 0.3) is 0 Å². The van der Waals surface area contributed by atoms with Gasteiger partial charge < -0.3 is 9.69 Å². The molecule has 2 saturated heterocycles. The van der Waals surface area contributed by atoms with E-state index in [1.54, 1.807) is 6.92 Å². The first kappa shape index (κ1) is 15.4. The molecule has 0 amide bonds. The van der Waals surface area contributed by atoms with E-state index in [1.165, 1.54) is 51.9 Å². The minimum Gasteiger partial charge on any atom is -0.303 e. The first-order chi connectivity index (χ1) is 9.13. The zero-order chi connectivity index (χ0) is 13.7. The zero-order valence-electron chi connectivity index (χ0n) is 12.4. The fourth-order valence-corrected chi connectivity index (χ4v) is 3.88. The molecule has 0 saturated carbocycles. The van der Waals surface area contributed by atoms with Gasteiger partial charge in [-0.3, -0.25) is 4.90 Å². The number of hydrogen-bond acceptors (Lipinski definition) is 3. The minimum atomic E-state index is 0.332. The van der Waals surface area contributed by atoms with E-state index in [0.29, 0.717) is 11.2 Å². The van der Waals surface area contributed by atoms with Gasteiger partial charge in [-0.15, -0.1) is 9.24 Å². The Bertz CT molecular complexity index is 291. The molecule has 2 fully saturated rings. The molecule has 0 bridgehead atoms. The molecule has 0 N–H and O–H groups in total. The molecule has 2 rings (SSSR count). The predicted octanol–water partition coefficient (Wildman–Crippen LogP) is 2.37. The van der Waals surface area contributed by atoms with Crippen molar-refractivity contribution in [3.8, 4) is 0 Å². The minimum absolute atomic E-state index is 0.332. The fourth-order valence-electron chi connectivity index (χ4n) is 3.51. The Morgan fingerprint density at radius 2 is 1.58 bits per heavy atom. The van der Waals surface area contributed by atoms with Gasteiger partial charge in [0, 0.05) is 12.7 Å². The number of likely N-dealkylation sites (tertiary alicyclic amines) is 2. The molecular weight excluding hydrogens is 255 g/mol. The molecule has 2 aliphatic rings. The van der Waals surface area contributed by atoms with Gasteiger partial charge in [0.2, 0.25) is 0 Å². The number of carbonyl (C=O) groups is 1. The van der Waals surface area contributed by atoms with Crippen LogP contribution in [0.25, 0.3) is 0 Å². The lowest BCUT2D eigenvalue weighted by molar-refractivity contribution is -0.117. The molecule has 1 spiro atoms. The highest BCUT2D eigenvalue weighted by molar-refractivity contribution is 7.16. The summed E-state index contributed by atoms with van der Waals surface area (Å²) in [6.07, 6.45) is 8.46. The van der Waals surface area contributed by atoms with Crippen LogP contribution in [0, 0.1) is 5.41 Å². The van der Waals surface area contributed by atoms with Gasteiger partial charge in [-0.2, -0.15) is 0 Å². The zero-order valence-corrected chi connectivity index (χ0v) is 13.5. The molecule has 0 aliphatic carbocycles. The van der Waals surface area contributed by atoms with Crippen molar-refractivity contribution >= 4 is 15.0 Å². The molecule has 0 aromatic carbocycles. The smallest absolute Gasteiger partial charge is 0.129 e. The normalized spacial score (nSPS) is 24.7. The lowest BCUT2D eigenvalue weighted by Gasteiger charge is -2.46. The highest BCUT2D eigenvalue weighted by Gasteiger charge is 2.36. The van der Waals surface area contributed by atoms with Crippen LogP contribution in [0.5, 0.6) is 0 Å². The molecule has 0 radical (unpaired) electrons. The van der Waals surface area contributed by atoms with Crippen LogP contribution in [0.3, 0.4) is 0 Å². The molecule has 110 valence electrons. The van der Waals surface area contributed by atoms with E-state index in [9.17, 15) is 4.79 Å². The third kappa shape index (κ3) is 4.51. The van der Waals surface area contributed by atoms with Crippen molar-refractivity contribution < 1.29 is 4.79 Å². The average molecular weight is 284 g/mol. The van der Waals surface area contributed by atoms with E-state index >= 15 is 0 Å². The highest BCUT2D eigenvalue weighted by atomic mass is 31.0. The summed E-state index contributed by atoms with van der Waals surface area (Å²) in [5.74, 6) is 0.332. The molecular formula is C15H29N2OP. The lowest BCUT2D eigenvalue weighted by atomic mass is 9.71. The second-order valence-electron chi connectivity index (χ2n) is 6.45. The Hall–Kier alpha value is 0.0200. The SMILES string of the molecule is CC(=O)CCCN1CCC2(CCN(CP)CC2)CC1. The number of hydrogen-bond donors (Lipinski definition) is 0. The molecule has 3 nitrogen and oxygen atoms in total. The number of piperidine rings is 2. The van der Waals surface area contributed by atoms with Crippen LogP contribution in [0.1, 0.15) is 45.4 Å². The summed E-state index contributed by atoms with van der Waals surface area (Å²) in [7, 11) is 2.85. The van der Waals surface area contributed by atoms with E-state index in [1.807, 2.05) is 0 Å². The van der Waals surface area contributed by atoms with Gasteiger partial charge in [0.05, 0.1) is 0 Å². The van der Waals surface area contributed by atoms with Crippen LogP contribution in [0.4, 0.5) is 0 Å². The Morgan fingerprint density at radius 3 is 2.05 bits per heavy atom.